The highest BCUT2D eigenvalue weighted by molar-refractivity contribution is 6.12. The van der Waals surface area contributed by atoms with Crippen LogP contribution in [0.5, 0.6) is 0 Å². The molecule has 3 heterocycles. The highest BCUT2D eigenvalue weighted by Gasteiger charge is 2.16. The Morgan fingerprint density at radius 3 is 1.65 bits per heavy atom. The molecule has 5 aromatic rings. The van der Waals surface area contributed by atoms with E-state index >= 15 is 0 Å². The van der Waals surface area contributed by atoms with Gasteiger partial charge < -0.3 is 14.4 Å². The van der Waals surface area contributed by atoms with E-state index in [0.717, 1.165) is 44.7 Å². The van der Waals surface area contributed by atoms with Gasteiger partial charge in [-0.2, -0.15) is 0 Å². The summed E-state index contributed by atoms with van der Waals surface area (Å²) in [6, 6.07) is 12.2. The summed E-state index contributed by atoms with van der Waals surface area (Å²) in [6.07, 6.45) is 7.10. The number of hydrogen-bond donors (Lipinski definition) is 2. The van der Waals surface area contributed by atoms with Crippen LogP contribution in [0.3, 0.4) is 0 Å². The number of imidazole rings is 2. The molecule has 0 amide bonds. The minimum Gasteiger partial charge on any atom is -0.455 e. The average Bonchev–Trinajstić information content (AvgIpc) is 3.33. The lowest BCUT2D eigenvalue weighted by molar-refractivity contribution is 0.670. The molecule has 0 fully saturated rings. The summed E-state index contributed by atoms with van der Waals surface area (Å²) in [6.45, 7) is 0. The fourth-order valence-electron chi connectivity index (χ4n) is 3.02. The zero-order valence-electron chi connectivity index (χ0n) is 12.1. The fraction of sp³-hybridized carbons (Fsp3) is 0. The smallest absolute Gasteiger partial charge is 0.146 e. The molecule has 2 N–H and O–H groups in total. The predicted octanol–water partition coefficient (Wildman–Crippen LogP) is 4.37. The Morgan fingerprint density at radius 1 is 0.696 bits per heavy atom. The SMILES string of the molecule is c1cc(-c2ncc[nH]2)c2oc3c(-c4ncc[nH]4)cccc3c2c1. The molecule has 0 unspecified atom stereocenters. The number of hydrogen-bond acceptors (Lipinski definition) is 3. The normalized spacial score (nSPS) is 11.5. The molecule has 0 bridgehead atoms. The van der Waals surface area contributed by atoms with Gasteiger partial charge in [0.25, 0.3) is 0 Å². The largest absolute Gasteiger partial charge is 0.455 e. The number of furan rings is 1. The lowest BCUT2D eigenvalue weighted by Gasteiger charge is -1.97. The second-order valence-corrected chi connectivity index (χ2v) is 5.34. The van der Waals surface area contributed by atoms with Gasteiger partial charge in [0.05, 0.1) is 11.1 Å². The van der Waals surface area contributed by atoms with Crippen LogP contribution in [0.15, 0.2) is 65.6 Å². The van der Waals surface area contributed by atoms with Crippen molar-refractivity contribution in [1.29, 1.82) is 0 Å². The van der Waals surface area contributed by atoms with E-state index in [1.165, 1.54) is 0 Å². The summed E-state index contributed by atoms with van der Waals surface area (Å²) < 4.78 is 6.24. The van der Waals surface area contributed by atoms with Crippen LogP contribution in [0, 0.1) is 0 Å². The molecule has 0 spiro atoms. The van der Waals surface area contributed by atoms with Crippen LogP contribution in [0.4, 0.5) is 0 Å². The zero-order valence-corrected chi connectivity index (χ0v) is 12.1. The van der Waals surface area contributed by atoms with Gasteiger partial charge in [-0.1, -0.05) is 24.3 Å². The lowest BCUT2D eigenvalue weighted by atomic mass is 10.1. The Bertz CT molecular complexity index is 1020. The van der Waals surface area contributed by atoms with Gasteiger partial charge in [0.1, 0.15) is 22.8 Å². The monoisotopic (exact) mass is 300 g/mol. The van der Waals surface area contributed by atoms with E-state index in [-0.39, 0.29) is 0 Å². The molecular formula is C18H12N4O. The van der Waals surface area contributed by atoms with E-state index in [9.17, 15) is 0 Å². The van der Waals surface area contributed by atoms with Crippen LogP contribution in [0.2, 0.25) is 0 Å². The van der Waals surface area contributed by atoms with E-state index in [0.29, 0.717) is 0 Å². The first kappa shape index (κ1) is 12.2. The molecule has 0 aliphatic heterocycles. The van der Waals surface area contributed by atoms with Crippen LogP contribution >= 0.6 is 0 Å². The van der Waals surface area contributed by atoms with Crippen LogP contribution in [-0.4, -0.2) is 19.9 Å². The number of nitrogens with one attached hydrogen (secondary N) is 2. The number of benzene rings is 2. The maximum atomic E-state index is 6.24. The van der Waals surface area contributed by atoms with Crippen LogP contribution in [0.25, 0.3) is 44.7 Å². The summed E-state index contributed by atoms with van der Waals surface area (Å²) in [5.41, 5.74) is 3.57. The molecule has 23 heavy (non-hydrogen) atoms. The highest BCUT2D eigenvalue weighted by atomic mass is 16.3. The number of aromatic nitrogens is 4. The molecule has 0 saturated heterocycles. The molecule has 0 radical (unpaired) electrons. The summed E-state index contributed by atoms with van der Waals surface area (Å²) in [5, 5.41) is 2.14. The average molecular weight is 300 g/mol. The van der Waals surface area contributed by atoms with Crippen molar-refractivity contribution < 1.29 is 4.42 Å². The first-order valence-corrected chi connectivity index (χ1v) is 7.35. The zero-order chi connectivity index (χ0) is 15.2. The number of rotatable bonds is 2. The van der Waals surface area contributed by atoms with Gasteiger partial charge in [0.15, 0.2) is 0 Å². The third-order valence-corrected chi connectivity index (χ3v) is 4.03. The van der Waals surface area contributed by atoms with Crippen LogP contribution < -0.4 is 0 Å². The second-order valence-electron chi connectivity index (χ2n) is 5.34. The van der Waals surface area contributed by atoms with Gasteiger partial charge in [-0.15, -0.1) is 0 Å². The molecule has 0 atom stereocenters. The minimum absolute atomic E-state index is 0.800. The Morgan fingerprint density at radius 2 is 1.22 bits per heavy atom. The van der Waals surface area contributed by atoms with Gasteiger partial charge in [-0.25, -0.2) is 9.97 Å². The molecule has 5 nitrogen and oxygen atoms in total. The third kappa shape index (κ3) is 1.73. The van der Waals surface area contributed by atoms with Crippen molar-refractivity contribution in [1.82, 2.24) is 19.9 Å². The van der Waals surface area contributed by atoms with Gasteiger partial charge in [-0.05, 0) is 12.1 Å². The van der Waals surface area contributed by atoms with Gasteiger partial charge in [0, 0.05) is 35.6 Å². The summed E-state index contributed by atoms with van der Waals surface area (Å²) >= 11 is 0. The second kappa shape index (κ2) is 4.58. The van der Waals surface area contributed by atoms with Gasteiger partial charge in [-0.3, -0.25) is 0 Å². The number of aromatic amines is 2. The molecule has 110 valence electrons. The van der Waals surface area contributed by atoms with Crippen molar-refractivity contribution in [2.75, 3.05) is 0 Å². The molecule has 0 saturated carbocycles. The van der Waals surface area contributed by atoms with Crippen molar-refractivity contribution in [2.45, 2.75) is 0 Å². The molecule has 5 rings (SSSR count). The van der Waals surface area contributed by atoms with E-state index in [1.807, 2.05) is 36.7 Å². The maximum absolute atomic E-state index is 6.24. The number of para-hydroxylation sites is 2. The highest BCUT2D eigenvalue weighted by Crippen LogP contribution is 2.38. The molecule has 2 aromatic carbocycles. The molecule has 3 aromatic heterocycles. The van der Waals surface area contributed by atoms with Gasteiger partial charge in [0.2, 0.25) is 0 Å². The predicted molar refractivity (Wildman–Crippen MR) is 88.9 cm³/mol. The van der Waals surface area contributed by atoms with Crippen LogP contribution in [-0.2, 0) is 0 Å². The fourth-order valence-corrected chi connectivity index (χ4v) is 3.02. The van der Waals surface area contributed by atoms with E-state index in [2.05, 4.69) is 32.1 Å². The van der Waals surface area contributed by atoms with Gasteiger partial charge >= 0.3 is 0 Å². The third-order valence-electron chi connectivity index (χ3n) is 4.03. The Hall–Kier alpha value is -3.34. The van der Waals surface area contributed by atoms with Crippen molar-refractivity contribution >= 4 is 21.9 Å². The Labute approximate surface area is 131 Å². The Kier molecular flexibility index (Phi) is 2.43. The van der Waals surface area contributed by atoms with Crippen molar-refractivity contribution in [2.24, 2.45) is 0 Å². The first-order valence-electron chi connectivity index (χ1n) is 7.35. The minimum atomic E-state index is 0.800. The maximum Gasteiger partial charge on any atom is 0.146 e. The van der Waals surface area contributed by atoms with Crippen molar-refractivity contribution in [3.05, 3.63) is 61.2 Å². The van der Waals surface area contributed by atoms with Crippen LogP contribution in [0.1, 0.15) is 0 Å². The van der Waals surface area contributed by atoms with E-state index < -0.39 is 0 Å². The summed E-state index contributed by atoms with van der Waals surface area (Å²) in [7, 11) is 0. The molecule has 0 aliphatic carbocycles. The van der Waals surface area contributed by atoms with E-state index in [1.54, 1.807) is 12.4 Å². The molecule has 5 heteroatoms. The van der Waals surface area contributed by atoms with Crippen molar-refractivity contribution in [3.63, 3.8) is 0 Å². The topological polar surface area (TPSA) is 70.5 Å². The standard InChI is InChI=1S/C18H12N4O/c1-3-11-12-4-2-6-14(18-21-9-10-22-18)16(12)23-15(11)13(5-1)17-19-7-8-20-17/h1-10H,(H,19,20)(H,21,22). The Balaban J connectivity index is 1.89. The lowest BCUT2D eigenvalue weighted by Crippen LogP contribution is -1.80. The summed E-state index contributed by atoms with van der Waals surface area (Å²) in [5.74, 6) is 1.60. The number of fused-ring (bicyclic) bond motifs is 3. The van der Waals surface area contributed by atoms with Crippen molar-refractivity contribution in [3.8, 4) is 22.8 Å². The first-order chi connectivity index (χ1) is 11.4. The summed E-state index contributed by atoms with van der Waals surface area (Å²) in [4.78, 5) is 15.0. The quantitative estimate of drug-likeness (QED) is 0.508. The number of H-pyrrole nitrogens is 2. The van der Waals surface area contributed by atoms with E-state index in [4.69, 9.17) is 4.42 Å². The molecule has 0 aliphatic rings. The number of nitrogens with zero attached hydrogens (tertiary/aromatic N) is 2. The molecular weight excluding hydrogens is 288 g/mol.